The predicted molar refractivity (Wildman–Crippen MR) is 122 cm³/mol. The Bertz CT molecular complexity index is 516. The van der Waals surface area contributed by atoms with E-state index >= 15 is 0 Å². The molecule has 1 N–H and O–H groups in total. The molecule has 4 rings (SSSR count). The highest BCUT2D eigenvalue weighted by atomic mass is 16.5. The number of nitrogens with one attached hydrogen (secondary N) is 1. The van der Waals surface area contributed by atoms with Gasteiger partial charge in [-0.25, -0.2) is 0 Å². The molecule has 3 aliphatic carbocycles. The Balaban J connectivity index is 1.39. The van der Waals surface area contributed by atoms with E-state index in [1.807, 2.05) is 14.2 Å². The molecule has 5 nitrogen and oxygen atoms in total. The summed E-state index contributed by atoms with van der Waals surface area (Å²) in [6.45, 7) is 0. The zero-order valence-corrected chi connectivity index (χ0v) is 19.9. The molecule has 0 bridgehead atoms. The molecule has 1 amide bonds. The minimum absolute atomic E-state index is 0.117. The number of ether oxygens (including phenoxy) is 3. The van der Waals surface area contributed by atoms with E-state index in [-0.39, 0.29) is 18.1 Å². The van der Waals surface area contributed by atoms with Crippen LogP contribution in [0.1, 0.15) is 96.3 Å². The van der Waals surface area contributed by atoms with Crippen LogP contribution in [0, 0.1) is 17.8 Å². The summed E-state index contributed by atoms with van der Waals surface area (Å²) >= 11 is 0. The van der Waals surface area contributed by atoms with Gasteiger partial charge in [0.2, 0.25) is 5.91 Å². The first-order valence-electron chi connectivity index (χ1n) is 13.2. The number of hydrogen-bond acceptors (Lipinski definition) is 4. The minimum atomic E-state index is 0.117. The van der Waals surface area contributed by atoms with E-state index in [1.165, 1.54) is 44.9 Å². The molecule has 1 heterocycles. The van der Waals surface area contributed by atoms with Crippen molar-refractivity contribution in [1.82, 2.24) is 5.32 Å². The van der Waals surface area contributed by atoms with Crippen molar-refractivity contribution in [1.29, 1.82) is 0 Å². The molecule has 3 saturated carbocycles. The van der Waals surface area contributed by atoms with Gasteiger partial charge in [-0.2, -0.15) is 0 Å². The summed E-state index contributed by atoms with van der Waals surface area (Å²) in [7, 11) is 3.67. The van der Waals surface area contributed by atoms with Crippen molar-refractivity contribution < 1.29 is 19.0 Å². The van der Waals surface area contributed by atoms with Gasteiger partial charge in [-0.15, -0.1) is 0 Å². The van der Waals surface area contributed by atoms with Gasteiger partial charge in [0.1, 0.15) is 0 Å². The number of methoxy groups -OCH3 is 2. The first-order valence-corrected chi connectivity index (χ1v) is 13.2. The number of carbonyl (C=O) groups excluding carboxylic acids is 1. The molecule has 0 spiro atoms. The van der Waals surface area contributed by atoms with Crippen LogP contribution in [-0.2, 0) is 19.0 Å². The van der Waals surface area contributed by atoms with Crippen LogP contribution in [0.2, 0.25) is 0 Å². The average Bonchev–Trinajstić information content (AvgIpc) is 2.84. The largest absolute Gasteiger partial charge is 0.381 e. The Morgan fingerprint density at radius 2 is 1.19 bits per heavy atom. The molecule has 0 aromatic rings. The molecular weight excluding hydrogens is 390 g/mol. The lowest BCUT2D eigenvalue weighted by molar-refractivity contribution is -0.152. The summed E-state index contributed by atoms with van der Waals surface area (Å²) in [6, 6.07) is 0.398. The maximum Gasteiger partial charge on any atom is 0.223 e. The minimum Gasteiger partial charge on any atom is -0.381 e. The maximum atomic E-state index is 13.3. The van der Waals surface area contributed by atoms with E-state index < -0.39 is 0 Å². The van der Waals surface area contributed by atoms with Crippen molar-refractivity contribution in [3.63, 3.8) is 0 Å². The smallest absolute Gasteiger partial charge is 0.223 e. The molecule has 31 heavy (non-hydrogen) atoms. The Hall–Kier alpha value is -0.650. The zero-order chi connectivity index (χ0) is 21.6. The first-order chi connectivity index (χ1) is 15.2. The Morgan fingerprint density at radius 3 is 1.65 bits per heavy atom. The third kappa shape index (κ3) is 6.23. The lowest BCUT2D eigenvalue weighted by atomic mass is 9.74. The van der Waals surface area contributed by atoms with Crippen LogP contribution in [0.25, 0.3) is 0 Å². The second-order valence-electron chi connectivity index (χ2n) is 10.8. The summed E-state index contributed by atoms with van der Waals surface area (Å²) in [5, 5.41) is 3.43. The number of rotatable bonds is 6. The molecule has 5 heteroatoms. The fourth-order valence-corrected chi connectivity index (χ4v) is 6.77. The quantitative estimate of drug-likeness (QED) is 0.637. The third-order valence-corrected chi connectivity index (χ3v) is 8.86. The first kappa shape index (κ1) is 23.5. The zero-order valence-electron chi connectivity index (χ0n) is 19.9. The molecule has 4 fully saturated rings. The van der Waals surface area contributed by atoms with Crippen molar-refractivity contribution >= 4 is 5.91 Å². The van der Waals surface area contributed by atoms with Crippen molar-refractivity contribution in [2.75, 3.05) is 14.2 Å². The fraction of sp³-hybridized carbons (Fsp3) is 0.962. The summed E-state index contributed by atoms with van der Waals surface area (Å²) in [4.78, 5) is 13.3. The van der Waals surface area contributed by atoms with Gasteiger partial charge in [-0.05, 0) is 88.9 Å². The molecule has 0 radical (unpaired) electrons. The second kappa shape index (κ2) is 11.5. The molecule has 1 saturated heterocycles. The third-order valence-electron chi connectivity index (χ3n) is 8.86. The molecule has 2 atom stereocenters. The Labute approximate surface area is 189 Å². The van der Waals surface area contributed by atoms with Gasteiger partial charge < -0.3 is 19.5 Å². The van der Waals surface area contributed by atoms with Gasteiger partial charge in [0.05, 0.1) is 24.4 Å². The highest BCUT2D eigenvalue weighted by molar-refractivity contribution is 5.79. The lowest BCUT2D eigenvalue weighted by Gasteiger charge is -2.44. The van der Waals surface area contributed by atoms with Gasteiger partial charge in [0, 0.05) is 26.2 Å². The average molecular weight is 436 g/mol. The Kier molecular flexibility index (Phi) is 8.70. The van der Waals surface area contributed by atoms with E-state index in [2.05, 4.69) is 5.32 Å². The number of carbonyl (C=O) groups is 1. The Morgan fingerprint density at radius 1 is 0.710 bits per heavy atom. The molecule has 4 aliphatic rings. The molecule has 0 aromatic carbocycles. The SMILES string of the molecule is COC1CCC(C2CC(C(=O)NC3CCCCC3)CC(C3CCC(OC)CC3)O2)CC1. The second-order valence-corrected chi connectivity index (χ2v) is 10.8. The van der Waals surface area contributed by atoms with E-state index in [4.69, 9.17) is 14.2 Å². The highest BCUT2D eigenvalue weighted by Gasteiger charge is 2.42. The monoisotopic (exact) mass is 435 g/mol. The molecule has 178 valence electrons. The summed E-state index contributed by atoms with van der Waals surface area (Å²) in [6.07, 6.45) is 18.4. The van der Waals surface area contributed by atoms with E-state index in [0.717, 1.165) is 51.4 Å². The van der Waals surface area contributed by atoms with Crippen LogP contribution in [0.4, 0.5) is 0 Å². The summed E-state index contributed by atoms with van der Waals surface area (Å²) in [5.74, 6) is 1.58. The summed E-state index contributed by atoms with van der Waals surface area (Å²) < 4.78 is 18.0. The molecule has 1 aliphatic heterocycles. The molecule has 2 unspecified atom stereocenters. The van der Waals surface area contributed by atoms with Gasteiger partial charge in [0.15, 0.2) is 0 Å². The van der Waals surface area contributed by atoms with Gasteiger partial charge >= 0.3 is 0 Å². The van der Waals surface area contributed by atoms with Crippen LogP contribution >= 0.6 is 0 Å². The molecule has 0 aromatic heterocycles. The van der Waals surface area contributed by atoms with Crippen molar-refractivity contribution in [3.05, 3.63) is 0 Å². The molecular formula is C26H45NO4. The maximum absolute atomic E-state index is 13.3. The highest BCUT2D eigenvalue weighted by Crippen LogP contribution is 2.41. The van der Waals surface area contributed by atoms with Crippen molar-refractivity contribution in [2.45, 2.75) is 127 Å². The normalized spacial score (nSPS) is 40.4. The van der Waals surface area contributed by atoms with E-state index in [1.54, 1.807) is 0 Å². The lowest BCUT2D eigenvalue weighted by Crippen LogP contribution is -2.48. The van der Waals surface area contributed by atoms with E-state index in [9.17, 15) is 4.79 Å². The van der Waals surface area contributed by atoms with Gasteiger partial charge in [-0.1, -0.05) is 19.3 Å². The van der Waals surface area contributed by atoms with Crippen LogP contribution in [-0.4, -0.2) is 50.6 Å². The topological polar surface area (TPSA) is 56.8 Å². The summed E-state index contributed by atoms with van der Waals surface area (Å²) in [5.41, 5.74) is 0. The van der Waals surface area contributed by atoms with Gasteiger partial charge in [-0.3, -0.25) is 4.79 Å². The number of amides is 1. The van der Waals surface area contributed by atoms with Crippen LogP contribution < -0.4 is 5.32 Å². The van der Waals surface area contributed by atoms with Gasteiger partial charge in [0.25, 0.3) is 0 Å². The van der Waals surface area contributed by atoms with Crippen LogP contribution in [0.3, 0.4) is 0 Å². The standard InChI is InChI=1S/C26H45NO4/c1-29-22-12-8-18(9-13-22)24-16-20(26(28)27-21-6-4-3-5-7-21)17-25(31-24)19-10-14-23(30-2)15-11-19/h18-25H,3-17H2,1-2H3,(H,27,28). The van der Waals surface area contributed by atoms with Crippen LogP contribution in [0.5, 0.6) is 0 Å². The van der Waals surface area contributed by atoms with Crippen LogP contribution in [0.15, 0.2) is 0 Å². The number of hydrogen-bond donors (Lipinski definition) is 1. The van der Waals surface area contributed by atoms with Crippen molar-refractivity contribution in [2.24, 2.45) is 17.8 Å². The predicted octanol–water partition coefficient (Wildman–Crippen LogP) is 5.01. The fourth-order valence-electron chi connectivity index (χ4n) is 6.77. The van der Waals surface area contributed by atoms with Crippen molar-refractivity contribution in [3.8, 4) is 0 Å². The van der Waals surface area contributed by atoms with E-state index in [0.29, 0.717) is 36.0 Å².